The van der Waals surface area contributed by atoms with E-state index >= 15 is 0 Å². The molecule has 2 aromatic carbocycles. The van der Waals surface area contributed by atoms with Gasteiger partial charge in [-0.2, -0.15) is 0 Å². The van der Waals surface area contributed by atoms with Crippen LogP contribution in [0.1, 0.15) is 17.0 Å². The summed E-state index contributed by atoms with van der Waals surface area (Å²) in [6.07, 6.45) is 0. The second-order valence-electron chi connectivity index (χ2n) is 6.20. The number of H-pyrrole nitrogens is 1. The molecule has 0 unspecified atom stereocenters. The largest absolute Gasteiger partial charge is 0.509 e. The van der Waals surface area contributed by atoms with Gasteiger partial charge in [-0.1, -0.05) is 18.2 Å². The van der Waals surface area contributed by atoms with Crippen molar-refractivity contribution in [3.05, 3.63) is 65.2 Å². The number of aliphatic hydroxyl groups is 1. The molecule has 5 nitrogen and oxygen atoms in total. The Kier molecular flexibility index (Phi) is 3.16. The number of nitrogens with zero attached hydrogens (tertiary/aromatic N) is 2. The number of hydrogen-bond acceptors (Lipinski definition) is 3. The van der Waals surface area contributed by atoms with Gasteiger partial charge in [0.2, 0.25) is 0 Å². The van der Waals surface area contributed by atoms with E-state index < -0.39 is 0 Å². The summed E-state index contributed by atoms with van der Waals surface area (Å²) in [6, 6.07) is 13.9. The number of rotatable bonds is 2. The third-order valence-corrected chi connectivity index (χ3v) is 4.29. The van der Waals surface area contributed by atoms with Crippen molar-refractivity contribution in [3.63, 3.8) is 0 Å². The molecule has 0 aliphatic carbocycles. The standard InChI is InChI=1S/C19H18N4O/c1-11-4-3-5-13(8-11)23-10-16(24)17(18(23)20)19-21-14-7-6-12(2)9-15(14)22-19/h3-9,20,24H,10H2,1-2H3,(H,21,22). The molecule has 5 heteroatoms. The van der Waals surface area contributed by atoms with Crippen LogP contribution in [0.15, 0.2) is 48.2 Å². The zero-order valence-corrected chi connectivity index (χ0v) is 13.6. The second-order valence-corrected chi connectivity index (χ2v) is 6.20. The number of aromatic amines is 1. The first-order valence-electron chi connectivity index (χ1n) is 7.85. The molecule has 1 aliphatic heterocycles. The van der Waals surface area contributed by atoms with E-state index in [9.17, 15) is 5.11 Å². The molecule has 24 heavy (non-hydrogen) atoms. The highest BCUT2D eigenvalue weighted by Gasteiger charge is 2.31. The van der Waals surface area contributed by atoms with Crippen molar-refractivity contribution >= 4 is 28.1 Å². The lowest BCUT2D eigenvalue weighted by molar-refractivity contribution is 0.411. The van der Waals surface area contributed by atoms with Crippen LogP contribution in [0.2, 0.25) is 0 Å². The highest BCUT2D eigenvalue weighted by molar-refractivity contribution is 6.30. The molecule has 0 atom stereocenters. The highest BCUT2D eigenvalue weighted by atomic mass is 16.3. The molecule has 3 N–H and O–H groups in total. The van der Waals surface area contributed by atoms with Gasteiger partial charge in [0, 0.05) is 5.69 Å². The third kappa shape index (κ3) is 2.25. The van der Waals surface area contributed by atoms with Crippen molar-refractivity contribution < 1.29 is 5.11 Å². The highest BCUT2D eigenvalue weighted by Crippen LogP contribution is 2.31. The Labute approximate surface area is 139 Å². The summed E-state index contributed by atoms with van der Waals surface area (Å²) >= 11 is 0. The van der Waals surface area contributed by atoms with Crippen LogP contribution in [0.4, 0.5) is 5.69 Å². The molecule has 1 aromatic heterocycles. The fraction of sp³-hybridized carbons (Fsp3) is 0.158. The summed E-state index contributed by atoms with van der Waals surface area (Å²) in [7, 11) is 0. The van der Waals surface area contributed by atoms with Crippen LogP contribution >= 0.6 is 0 Å². The first-order chi connectivity index (χ1) is 11.5. The normalized spacial score (nSPS) is 14.9. The summed E-state index contributed by atoms with van der Waals surface area (Å²) in [5.74, 6) is 0.958. The first kappa shape index (κ1) is 14.5. The van der Waals surface area contributed by atoms with Crippen LogP contribution in [0.5, 0.6) is 0 Å². The summed E-state index contributed by atoms with van der Waals surface area (Å²) in [4.78, 5) is 9.56. The van der Waals surface area contributed by atoms with Gasteiger partial charge >= 0.3 is 0 Å². The van der Waals surface area contributed by atoms with Gasteiger partial charge in [0.15, 0.2) is 0 Å². The predicted molar refractivity (Wildman–Crippen MR) is 96.6 cm³/mol. The molecule has 2 heterocycles. The Balaban J connectivity index is 1.74. The lowest BCUT2D eigenvalue weighted by Crippen LogP contribution is -2.26. The number of aryl methyl sites for hydroxylation is 2. The van der Waals surface area contributed by atoms with Gasteiger partial charge in [-0.3, -0.25) is 5.41 Å². The van der Waals surface area contributed by atoms with Gasteiger partial charge in [0.1, 0.15) is 17.4 Å². The molecule has 120 valence electrons. The van der Waals surface area contributed by atoms with E-state index in [-0.39, 0.29) is 18.1 Å². The average Bonchev–Trinajstić information content (AvgIpc) is 3.07. The minimum atomic E-state index is 0.164. The molecule has 0 fully saturated rings. The van der Waals surface area contributed by atoms with Crippen molar-refractivity contribution in [1.29, 1.82) is 5.41 Å². The molecule has 4 rings (SSSR count). The number of aliphatic hydroxyl groups excluding tert-OH is 1. The van der Waals surface area contributed by atoms with E-state index in [2.05, 4.69) is 9.97 Å². The van der Waals surface area contributed by atoms with E-state index in [0.717, 1.165) is 27.8 Å². The maximum absolute atomic E-state index is 10.4. The minimum Gasteiger partial charge on any atom is -0.509 e. The predicted octanol–water partition coefficient (Wildman–Crippen LogP) is 3.95. The van der Waals surface area contributed by atoms with Crippen molar-refractivity contribution in [3.8, 4) is 0 Å². The van der Waals surface area contributed by atoms with Crippen LogP contribution in [0.3, 0.4) is 0 Å². The number of nitrogens with one attached hydrogen (secondary N) is 2. The van der Waals surface area contributed by atoms with Crippen molar-refractivity contribution in [2.24, 2.45) is 0 Å². The lowest BCUT2D eigenvalue weighted by atomic mass is 10.2. The van der Waals surface area contributed by atoms with Gasteiger partial charge < -0.3 is 15.0 Å². The second kappa shape index (κ2) is 5.23. The fourth-order valence-corrected chi connectivity index (χ4v) is 3.09. The van der Waals surface area contributed by atoms with Crippen LogP contribution in [-0.4, -0.2) is 27.5 Å². The number of benzene rings is 2. The Morgan fingerprint density at radius 3 is 2.71 bits per heavy atom. The zero-order chi connectivity index (χ0) is 16.8. The van der Waals surface area contributed by atoms with E-state index in [4.69, 9.17) is 5.41 Å². The van der Waals surface area contributed by atoms with Gasteiger partial charge in [0.25, 0.3) is 0 Å². The Morgan fingerprint density at radius 2 is 1.92 bits per heavy atom. The Morgan fingerprint density at radius 1 is 1.12 bits per heavy atom. The van der Waals surface area contributed by atoms with Gasteiger partial charge in [0.05, 0.1) is 23.2 Å². The number of hydrogen-bond donors (Lipinski definition) is 3. The fourth-order valence-electron chi connectivity index (χ4n) is 3.09. The van der Waals surface area contributed by atoms with E-state index in [1.807, 2.05) is 56.3 Å². The number of anilines is 1. The third-order valence-electron chi connectivity index (χ3n) is 4.29. The molecule has 1 aliphatic rings. The SMILES string of the molecule is Cc1cccc(N2CC(O)=C(c3nc4ccc(C)cc4[nH]3)C2=N)c1. The quantitative estimate of drug-likeness (QED) is 0.669. The van der Waals surface area contributed by atoms with E-state index in [1.165, 1.54) is 0 Å². The van der Waals surface area contributed by atoms with Gasteiger partial charge in [-0.15, -0.1) is 0 Å². The average molecular weight is 318 g/mol. The molecule has 0 saturated heterocycles. The van der Waals surface area contributed by atoms with Crippen molar-refractivity contribution in [2.45, 2.75) is 13.8 Å². The van der Waals surface area contributed by atoms with Crippen molar-refractivity contribution in [2.75, 3.05) is 11.4 Å². The van der Waals surface area contributed by atoms with Crippen LogP contribution in [-0.2, 0) is 0 Å². The summed E-state index contributed by atoms with van der Waals surface area (Å²) < 4.78 is 0. The first-order valence-corrected chi connectivity index (χ1v) is 7.85. The number of fused-ring (bicyclic) bond motifs is 1. The molecule has 0 amide bonds. The lowest BCUT2D eigenvalue weighted by Gasteiger charge is -2.18. The van der Waals surface area contributed by atoms with E-state index in [1.54, 1.807) is 4.90 Å². The molecule has 3 aromatic rings. The van der Waals surface area contributed by atoms with Crippen LogP contribution < -0.4 is 4.90 Å². The summed E-state index contributed by atoms with van der Waals surface area (Å²) in [5, 5.41) is 18.9. The maximum Gasteiger partial charge on any atom is 0.145 e. The smallest absolute Gasteiger partial charge is 0.145 e. The van der Waals surface area contributed by atoms with Gasteiger partial charge in [-0.25, -0.2) is 4.98 Å². The molecule has 0 radical (unpaired) electrons. The number of amidine groups is 1. The summed E-state index contributed by atoms with van der Waals surface area (Å²) in [5.41, 5.74) is 5.36. The maximum atomic E-state index is 10.4. The minimum absolute atomic E-state index is 0.164. The number of imidazole rings is 1. The number of aromatic nitrogens is 2. The molecule has 0 spiro atoms. The summed E-state index contributed by atoms with van der Waals surface area (Å²) in [6.45, 7) is 4.32. The van der Waals surface area contributed by atoms with Crippen LogP contribution in [0.25, 0.3) is 16.6 Å². The zero-order valence-electron chi connectivity index (χ0n) is 13.6. The monoisotopic (exact) mass is 318 g/mol. The molecule has 0 saturated carbocycles. The Hall–Kier alpha value is -3.08. The van der Waals surface area contributed by atoms with Gasteiger partial charge in [-0.05, 0) is 49.2 Å². The Bertz CT molecular complexity index is 1000. The van der Waals surface area contributed by atoms with Crippen LogP contribution in [0, 0.1) is 19.3 Å². The van der Waals surface area contributed by atoms with Crippen molar-refractivity contribution in [1.82, 2.24) is 9.97 Å². The van der Waals surface area contributed by atoms with E-state index in [0.29, 0.717) is 11.4 Å². The molecular weight excluding hydrogens is 300 g/mol. The molecular formula is C19H18N4O. The molecule has 0 bridgehead atoms. The topological polar surface area (TPSA) is 76.0 Å².